The first-order valence-electron chi connectivity index (χ1n) is 5.45. The number of benzene rings is 1. The lowest BCUT2D eigenvalue weighted by molar-refractivity contribution is 0.102. The third-order valence-electron chi connectivity index (χ3n) is 2.38. The first kappa shape index (κ1) is 15.9. The zero-order valence-corrected chi connectivity index (χ0v) is 12.9. The molecule has 0 radical (unpaired) electrons. The van der Waals surface area contributed by atoms with E-state index in [2.05, 4.69) is 15.5 Å². The van der Waals surface area contributed by atoms with E-state index >= 15 is 0 Å². The van der Waals surface area contributed by atoms with Crippen molar-refractivity contribution in [1.82, 2.24) is 14.8 Å². The first-order valence-corrected chi connectivity index (χ1v) is 7.77. The van der Waals surface area contributed by atoms with Crippen molar-refractivity contribution >= 4 is 42.5 Å². The quantitative estimate of drug-likeness (QED) is 0.729. The molecule has 0 aliphatic carbocycles. The molecule has 1 aromatic heterocycles. The Morgan fingerprint density at radius 1 is 1.33 bits per heavy atom. The number of amides is 1. The van der Waals surface area contributed by atoms with Gasteiger partial charge in [-0.3, -0.25) is 4.79 Å². The number of nitrogens with one attached hydrogen (secondary N) is 1. The van der Waals surface area contributed by atoms with E-state index in [9.17, 15) is 9.36 Å². The number of hydrogen-bond acceptors (Lipinski definition) is 4. The highest BCUT2D eigenvalue weighted by Gasteiger charge is 2.26. The van der Waals surface area contributed by atoms with E-state index in [1.807, 2.05) is 6.92 Å². The predicted molar refractivity (Wildman–Crippen MR) is 76.6 cm³/mol. The maximum atomic E-state index is 12.0. The standard InChI is InChI=1S/C10H9Cl2N4O4P/c1-5-2-3-7(6(11)4-5)13-10(17)8-9(12)15-16(14-8)21(18,19)20/h2-4H,1H3,(H,13,17)(H2,18,19,20). The van der Waals surface area contributed by atoms with Gasteiger partial charge in [0.15, 0.2) is 10.8 Å². The van der Waals surface area contributed by atoms with E-state index in [0.29, 0.717) is 10.7 Å². The SMILES string of the molecule is Cc1ccc(NC(=O)c2nn(P(=O)(O)O)nc2Cl)c(Cl)c1. The summed E-state index contributed by atoms with van der Waals surface area (Å²) in [7, 11) is -4.76. The van der Waals surface area contributed by atoms with E-state index in [1.54, 1.807) is 18.2 Å². The third-order valence-corrected chi connectivity index (χ3v) is 3.60. The van der Waals surface area contributed by atoms with Crippen LogP contribution in [0.3, 0.4) is 0 Å². The van der Waals surface area contributed by atoms with Crippen molar-refractivity contribution in [3.05, 3.63) is 39.6 Å². The van der Waals surface area contributed by atoms with Gasteiger partial charge in [-0.05, 0) is 24.6 Å². The summed E-state index contributed by atoms with van der Waals surface area (Å²) in [6.07, 6.45) is 0. The highest BCUT2D eigenvalue weighted by molar-refractivity contribution is 7.49. The average molecular weight is 351 g/mol. The lowest BCUT2D eigenvalue weighted by Crippen LogP contribution is -2.14. The summed E-state index contributed by atoms with van der Waals surface area (Å²) in [6, 6.07) is 4.96. The maximum Gasteiger partial charge on any atom is 0.466 e. The molecular formula is C10H9Cl2N4O4P. The molecule has 1 heterocycles. The van der Waals surface area contributed by atoms with Gasteiger partial charge in [0.1, 0.15) is 0 Å². The van der Waals surface area contributed by atoms with Crippen molar-refractivity contribution in [3.8, 4) is 0 Å². The Balaban J connectivity index is 2.29. The molecule has 0 spiro atoms. The fourth-order valence-electron chi connectivity index (χ4n) is 1.44. The second-order valence-corrected chi connectivity index (χ2v) is 6.21. The number of aryl methyl sites for hydroxylation is 1. The second kappa shape index (κ2) is 5.75. The van der Waals surface area contributed by atoms with Crippen molar-refractivity contribution in [2.24, 2.45) is 0 Å². The Bertz CT molecular complexity index is 758. The number of aromatic nitrogens is 3. The van der Waals surface area contributed by atoms with Crippen LogP contribution in [-0.2, 0) is 4.57 Å². The Morgan fingerprint density at radius 3 is 2.52 bits per heavy atom. The molecule has 8 nitrogen and oxygen atoms in total. The lowest BCUT2D eigenvalue weighted by Gasteiger charge is -2.06. The van der Waals surface area contributed by atoms with Crippen LogP contribution in [0.1, 0.15) is 16.1 Å². The Kier molecular flexibility index (Phi) is 4.36. The van der Waals surface area contributed by atoms with Gasteiger partial charge in [-0.1, -0.05) is 33.8 Å². The van der Waals surface area contributed by atoms with Crippen LogP contribution in [0.15, 0.2) is 18.2 Å². The molecule has 1 aromatic carbocycles. The smallest absolute Gasteiger partial charge is 0.319 e. The number of carbonyl (C=O) groups excluding carboxylic acids is 1. The second-order valence-electron chi connectivity index (χ2n) is 4.06. The van der Waals surface area contributed by atoms with E-state index < -0.39 is 24.5 Å². The Labute approximate surface area is 128 Å². The zero-order chi connectivity index (χ0) is 15.8. The summed E-state index contributed by atoms with van der Waals surface area (Å²) in [5.74, 6) is -0.787. The van der Waals surface area contributed by atoms with Gasteiger partial charge in [-0.25, -0.2) is 4.57 Å². The summed E-state index contributed by atoms with van der Waals surface area (Å²) in [4.78, 5) is 29.8. The zero-order valence-electron chi connectivity index (χ0n) is 10.5. The molecule has 0 saturated carbocycles. The summed E-state index contributed by atoms with van der Waals surface area (Å²) >= 11 is 11.6. The largest absolute Gasteiger partial charge is 0.466 e. The molecule has 21 heavy (non-hydrogen) atoms. The number of hydrogen-bond donors (Lipinski definition) is 3. The number of carbonyl (C=O) groups is 1. The van der Waals surface area contributed by atoms with Crippen molar-refractivity contribution in [2.45, 2.75) is 6.92 Å². The van der Waals surface area contributed by atoms with Crippen molar-refractivity contribution in [2.75, 3.05) is 5.32 Å². The molecule has 0 aliphatic heterocycles. The van der Waals surface area contributed by atoms with Crippen molar-refractivity contribution in [1.29, 1.82) is 0 Å². The summed E-state index contributed by atoms with van der Waals surface area (Å²) < 4.78 is 11.1. The summed E-state index contributed by atoms with van der Waals surface area (Å²) in [5, 5.41) is 8.99. The minimum absolute atomic E-state index is 0.0843. The van der Waals surface area contributed by atoms with Crippen LogP contribution in [0.2, 0.25) is 10.2 Å². The first-order chi connectivity index (χ1) is 9.68. The monoisotopic (exact) mass is 350 g/mol. The molecule has 0 unspecified atom stereocenters. The van der Waals surface area contributed by atoms with Crippen LogP contribution in [0.25, 0.3) is 0 Å². The molecule has 3 N–H and O–H groups in total. The molecule has 2 aromatic rings. The molecule has 0 aliphatic rings. The maximum absolute atomic E-state index is 12.0. The molecule has 2 rings (SSSR count). The fourth-order valence-corrected chi connectivity index (χ4v) is 2.38. The van der Waals surface area contributed by atoms with Gasteiger partial charge in [0, 0.05) is 0 Å². The number of nitrogens with zero attached hydrogens (tertiary/aromatic N) is 3. The highest BCUT2D eigenvalue weighted by atomic mass is 35.5. The predicted octanol–water partition coefficient (Wildman–Crippen LogP) is 2.09. The Morgan fingerprint density at radius 2 is 2.00 bits per heavy atom. The van der Waals surface area contributed by atoms with Gasteiger partial charge in [0.05, 0.1) is 10.7 Å². The van der Waals surface area contributed by atoms with Gasteiger partial charge in [0.25, 0.3) is 5.91 Å². The van der Waals surface area contributed by atoms with Gasteiger partial charge in [-0.2, -0.15) is 0 Å². The van der Waals surface area contributed by atoms with E-state index in [-0.39, 0.29) is 4.57 Å². The van der Waals surface area contributed by atoms with E-state index in [4.69, 9.17) is 33.0 Å². The van der Waals surface area contributed by atoms with Crippen LogP contribution >= 0.6 is 30.9 Å². The topological polar surface area (TPSA) is 117 Å². The molecule has 0 bridgehead atoms. The number of rotatable bonds is 3. The van der Waals surface area contributed by atoms with Crippen LogP contribution in [0, 0.1) is 6.92 Å². The molecule has 0 atom stereocenters. The molecule has 0 saturated heterocycles. The van der Waals surface area contributed by atoms with Crippen LogP contribution < -0.4 is 5.32 Å². The molecule has 112 valence electrons. The highest BCUT2D eigenvalue weighted by Crippen LogP contribution is 2.35. The van der Waals surface area contributed by atoms with E-state index in [1.165, 1.54) is 0 Å². The molecule has 0 fully saturated rings. The van der Waals surface area contributed by atoms with Gasteiger partial charge < -0.3 is 15.1 Å². The average Bonchev–Trinajstić information content (AvgIpc) is 2.75. The van der Waals surface area contributed by atoms with Gasteiger partial charge in [0.2, 0.25) is 0 Å². The van der Waals surface area contributed by atoms with Gasteiger partial charge >= 0.3 is 7.75 Å². The Hall–Kier alpha value is -1.44. The van der Waals surface area contributed by atoms with Crippen LogP contribution in [0.5, 0.6) is 0 Å². The van der Waals surface area contributed by atoms with Crippen LogP contribution in [-0.4, -0.2) is 30.5 Å². The molecule has 11 heteroatoms. The van der Waals surface area contributed by atoms with Crippen molar-refractivity contribution in [3.63, 3.8) is 0 Å². The lowest BCUT2D eigenvalue weighted by atomic mass is 10.2. The minimum atomic E-state index is -4.76. The van der Waals surface area contributed by atoms with Crippen LogP contribution in [0.4, 0.5) is 5.69 Å². The number of anilines is 1. The van der Waals surface area contributed by atoms with Gasteiger partial charge in [-0.15, -0.1) is 10.2 Å². The minimum Gasteiger partial charge on any atom is -0.319 e. The fraction of sp³-hybridized carbons (Fsp3) is 0.100. The summed E-state index contributed by atoms with van der Waals surface area (Å²) in [6.45, 7) is 1.83. The molecular weight excluding hydrogens is 342 g/mol. The third kappa shape index (κ3) is 3.61. The van der Waals surface area contributed by atoms with E-state index in [0.717, 1.165) is 5.56 Å². The van der Waals surface area contributed by atoms with Crippen molar-refractivity contribution < 1.29 is 19.1 Å². The summed E-state index contributed by atoms with van der Waals surface area (Å²) in [5.41, 5.74) is 0.800. The number of halogens is 2. The normalized spacial score (nSPS) is 11.5. The molecule has 1 amide bonds.